The molecule has 268 valence electrons. The molecule has 1 aliphatic carbocycles. The number of hydrogen-bond acceptors (Lipinski definition) is 3. The van der Waals surface area contributed by atoms with Crippen molar-refractivity contribution in [1.29, 1.82) is 0 Å². The lowest BCUT2D eigenvalue weighted by Gasteiger charge is -2.41. The van der Waals surface area contributed by atoms with Gasteiger partial charge in [-0.2, -0.15) is 0 Å². The smallest absolute Gasteiger partial charge is 0.142 e. The number of rotatable bonds is 6. The highest BCUT2D eigenvalue weighted by Gasteiger charge is 2.48. The van der Waals surface area contributed by atoms with E-state index in [0.29, 0.717) is 0 Å². The van der Waals surface area contributed by atoms with Gasteiger partial charge in [-0.15, -0.1) is 0 Å². The van der Waals surface area contributed by atoms with Gasteiger partial charge in [0.05, 0.1) is 28.8 Å². The van der Waals surface area contributed by atoms with E-state index in [1.807, 2.05) is 0 Å². The van der Waals surface area contributed by atoms with Crippen LogP contribution in [0.3, 0.4) is 0 Å². The van der Waals surface area contributed by atoms with Gasteiger partial charge in [-0.3, -0.25) is 16.0 Å². The van der Waals surface area contributed by atoms with Crippen molar-refractivity contribution in [1.82, 2.24) is 20.5 Å². The summed E-state index contributed by atoms with van der Waals surface area (Å²) in [4.78, 5) is 0. The molecule has 8 aromatic carbocycles. The summed E-state index contributed by atoms with van der Waals surface area (Å²) in [5.41, 5.74) is 14.2. The summed E-state index contributed by atoms with van der Waals surface area (Å²) in [6.07, 6.45) is -0.523. The largest absolute Gasteiger partial charge is 0.311 e. The average molecular weight is 721 g/mol. The zero-order valence-corrected chi connectivity index (χ0v) is 30.8. The Bertz CT molecular complexity index is 2750. The Labute approximate surface area is 327 Å². The maximum Gasteiger partial charge on any atom is 0.142 e. The highest BCUT2D eigenvalue weighted by Crippen LogP contribution is 2.59. The molecule has 4 heteroatoms. The third-order valence-corrected chi connectivity index (χ3v) is 12.0. The molecule has 0 spiro atoms. The van der Waals surface area contributed by atoms with Crippen LogP contribution in [0.15, 0.2) is 206 Å². The minimum Gasteiger partial charge on any atom is -0.311 e. The Morgan fingerprint density at radius 1 is 0.411 bits per heavy atom. The van der Waals surface area contributed by atoms with E-state index in [1.165, 1.54) is 77.4 Å². The Hall–Kier alpha value is -6.56. The van der Waals surface area contributed by atoms with Crippen LogP contribution >= 0.6 is 0 Å². The van der Waals surface area contributed by atoms with E-state index in [1.54, 1.807) is 0 Å². The number of aromatic nitrogens is 1. The maximum atomic E-state index is 4.06. The summed E-state index contributed by atoms with van der Waals surface area (Å²) in [5.74, 6) is 0. The van der Waals surface area contributed by atoms with Gasteiger partial charge in [-0.05, 0) is 62.2 Å². The van der Waals surface area contributed by atoms with Crippen molar-refractivity contribution in [3.8, 4) is 22.3 Å². The zero-order valence-electron chi connectivity index (χ0n) is 30.8. The van der Waals surface area contributed by atoms with Gasteiger partial charge < -0.3 is 4.57 Å². The number of hydrogen-bond donors (Lipinski definition) is 3. The third kappa shape index (κ3) is 5.04. The average Bonchev–Trinajstić information content (AvgIpc) is 3.78. The molecule has 1 saturated heterocycles. The fraction of sp³-hybridized carbons (Fsp3) is 0.0769. The molecule has 3 N–H and O–H groups in total. The van der Waals surface area contributed by atoms with Crippen LogP contribution in [-0.2, 0) is 5.41 Å². The molecular weight excluding hydrogens is 681 g/mol. The van der Waals surface area contributed by atoms with Crippen LogP contribution in [0.25, 0.3) is 44.1 Å². The quantitative estimate of drug-likeness (QED) is 0.160. The number of benzene rings is 8. The van der Waals surface area contributed by atoms with Gasteiger partial charge in [0.25, 0.3) is 0 Å². The molecule has 0 saturated carbocycles. The lowest BCUT2D eigenvalue weighted by atomic mass is 9.67. The Balaban J connectivity index is 1.26. The molecule has 2 atom stereocenters. The number of nitrogens with zero attached hydrogens (tertiary/aromatic N) is 1. The standard InChI is InChI=1S/C52H40N4/c1-6-18-35(19-7-1)38-30-33-46-44(34-38)43-32-31-42-41-28-16-17-29-45(41)52(39-24-12-4-13-25-39,40-26-14-5-15-27-40)47(42)48(43)56(46)51-54-49(36-20-8-2-9-21-36)53-50(55-51)37-22-10-3-11-23-37/h1-34,49-51,53-55H. The summed E-state index contributed by atoms with van der Waals surface area (Å²) in [6, 6.07) is 75.3. The van der Waals surface area contributed by atoms with Gasteiger partial charge in [0.15, 0.2) is 0 Å². The van der Waals surface area contributed by atoms with Gasteiger partial charge >= 0.3 is 0 Å². The van der Waals surface area contributed by atoms with Crippen LogP contribution < -0.4 is 16.0 Å². The van der Waals surface area contributed by atoms with Gasteiger partial charge in [0.1, 0.15) is 6.29 Å². The predicted octanol–water partition coefficient (Wildman–Crippen LogP) is 11.5. The second-order valence-corrected chi connectivity index (χ2v) is 15.0. The summed E-state index contributed by atoms with van der Waals surface area (Å²) in [7, 11) is 0. The molecule has 1 aromatic heterocycles. The molecular formula is C52H40N4. The van der Waals surface area contributed by atoms with Crippen molar-refractivity contribution in [3.63, 3.8) is 0 Å². The first kappa shape index (κ1) is 32.8. The molecule has 4 nitrogen and oxygen atoms in total. The van der Waals surface area contributed by atoms with E-state index in [4.69, 9.17) is 0 Å². The second kappa shape index (κ2) is 13.3. The van der Waals surface area contributed by atoms with Gasteiger partial charge in [0, 0.05) is 16.3 Å². The topological polar surface area (TPSA) is 41.0 Å². The molecule has 0 radical (unpaired) electrons. The third-order valence-electron chi connectivity index (χ3n) is 12.0. The fourth-order valence-corrected chi connectivity index (χ4v) is 9.60. The van der Waals surface area contributed by atoms with E-state index in [0.717, 1.165) is 0 Å². The molecule has 1 aliphatic heterocycles. The van der Waals surface area contributed by atoms with Crippen LogP contribution in [0, 0.1) is 0 Å². The SMILES string of the molecule is c1ccc(-c2ccc3c(c2)c2ccc4c(c2n3C2NC(c3ccccc3)NC(c3ccccc3)N2)C(c2ccccc2)(c2ccccc2)c2ccccc2-4)cc1. The predicted molar refractivity (Wildman–Crippen MR) is 229 cm³/mol. The number of nitrogens with one attached hydrogen (secondary N) is 3. The first-order valence-corrected chi connectivity index (χ1v) is 19.5. The summed E-state index contributed by atoms with van der Waals surface area (Å²) in [6.45, 7) is 0. The normalized spacial score (nSPS) is 18.5. The number of fused-ring (bicyclic) bond motifs is 7. The van der Waals surface area contributed by atoms with E-state index >= 15 is 0 Å². The van der Waals surface area contributed by atoms with Crippen molar-refractivity contribution in [2.45, 2.75) is 24.0 Å². The molecule has 11 rings (SSSR count). The van der Waals surface area contributed by atoms with Crippen molar-refractivity contribution < 1.29 is 0 Å². The van der Waals surface area contributed by atoms with Crippen LogP contribution in [-0.4, -0.2) is 4.57 Å². The van der Waals surface area contributed by atoms with Crippen molar-refractivity contribution in [2.24, 2.45) is 0 Å². The molecule has 1 fully saturated rings. The van der Waals surface area contributed by atoms with Crippen LogP contribution in [0.5, 0.6) is 0 Å². The van der Waals surface area contributed by atoms with Gasteiger partial charge in [-0.1, -0.05) is 194 Å². The van der Waals surface area contributed by atoms with E-state index < -0.39 is 5.41 Å². The molecule has 0 amide bonds. The molecule has 2 heterocycles. The lowest BCUT2D eigenvalue weighted by Crippen LogP contribution is -2.56. The van der Waals surface area contributed by atoms with Gasteiger partial charge in [-0.25, -0.2) is 0 Å². The van der Waals surface area contributed by atoms with Gasteiger partial charge in [0.2, 0.25) is 0 Å². The van der Waals surface area contributed by atoms with E-state index in [-0.39, 0.29) is 18.6 Å². The molecule has 2 aliphatic rings. The van der Waals surface area contributed by atoms with Crippen LogP contribution in [0.1, 0.15) is 52.0 Å². The minimum absolute atomic E-state index is 0.120. The second-order valence-electron chi connectivity index (χ2n) is 15.0. The highest BCUT2D eigenvalue weighted by atomic mass is 15.4. The summed E-state index contributed by atoms with van der Waals surface area (Å²) < 4.78 is 2.57. The zero-order chi connectivity index (χ0) is 37.1. The van der Waals surface area contributed by atoms with Crippen molar-refractivity contribution in [2.75, 3.05) is 0 Å². The summed E-state index contributed by atoms with van der Waals surface area (Å²) >= 11 is 0. The Morgan fingerprint density at radius 2 is 0.946 bits per heavy atom. The Kier molecular flexibility index (Phi) is 7.81. The lowest BCUT2D eigenvalue weighted by molar-refractivity contribution is 0.161. The van der Waals surface area contributed by atoms with Crippen molar-refractivity contribution >= 4 is 21.8 Å². The first-order chi connectivity index (χ1) is 27.8. The minimum atomic E-state index is -0.576. The highest BCUT2D eigenvalue weighted by molar-refractivity contribution is 6.14. The Morgan fingerprint density at radius 3 is 1.55 bits per heavy atom. The summed E-state index contributed by atoms with van der Waals surface area (Å²) in [5, 5.41) is 14.5. The monoisotopic (exact) mass is 720 g/mol. The molecule has 9 aromatic rings. The van der Waals surface area contributed by atoms with Crippen LogP contribution in [0.4, 0.5) is 0 Å². The van der Waals surface area contributed by atoms with E-state index in [2.05, 4.69) is 227 Å². The van der Waals surface area contributed by atoms with E-state index in [9.17, 15) is 0 Å². The molecule has 56 heavy (non-hydrogen) atoms. The molecule has 0 bridgehead atoms. The van der Waals surface area contributed by atoms with Crippen LogP contribution in [0.2, 0.25) is 0 Å². The first-order valence-electron chi connectivity index (χ1n) is 19.5. The molecule has 2 unspecified atom stereocenters. The van der Waals surface area contributed by atoms with Crippen molar-refractivity contribution in [3.05, 3.63) is 240 Å². The maximum absolute atomic E-state index is 4.06. The fourth-order valence-electron chi connectivity index (χ4n) is 9.60.